The molecule has 1 aliphatic rings. The van der Waals surface area contributed by atoms with Gasteiger partial charge in [-0.3, -0.25) is 0 Å². The molecule has 1 atom stereocenters. The van der Waals surface area contributed by atoms with Crippen molar-refractivity contribution in [3.05, 3.63) is 21.4 Å². The molecular weight excluding hydrogens is 246 g/mol. The van der Waals surface area contributed by atoms with E-state index in [0.29, 0.717) is 12.7 Å². The average molecular weight is 269 g/mol. The Kier molecular flexibility index (Phi) is 5.63. The Morgan fingerprint density at radius 3 is 3.17 bits per heavy atom. The van der Waals surface area contributed by atoms with E-state index in [1.165, 1.54) is 21.7 Å². The van der Waals surface area contributed by atoms with E-state index in [-0.39, 0.29) is 0 Å². The first-order chi connectivity index (χ1) is 8.79. The number of hydrogen-bond acceptors (Lipinski definition) is 4. The second kappa shape index (κ2) is 7.24. The van der Waals surface area contributed by atoms with Gasteiger partial charge in [0, 0.05) is 22.9 Å². The van der Waals surface area contributed by atoms with Crippen LogP contribution >= 0.6 is 11.3 Å². The van der Waals surface area contributed by atoms with E-state index in [1.807, 2.05) is 11.3 Å². The lowest BCUT2D eigenvalue weighted by atomic mass is 10.2. The van der Waals surface area contributed by atoms with Gasteiger partial charge in [0.1, 0.15) is 0 Å². The second-order valence-corrected chi connectivity index (χ2v) is 6.07. The quantitative estimate of drug-likeness (QED) is 0.825. The summed E-state index contributed by atoms with van der Waals surface area (Å²) in [5.74, 6) is 0. The smallest absolute Gasteiger partial charge is 0.0809 e. The SMILES string of the molecule is CCNCc1cc(COCC2CCCO2)c(C)s1. The molecule has 0 spiro atoms. The van der Waals surface area contributed by atoms with E-state index in [4.69, 9.17) is 9.47 Å². The molecule has 2 heterocycles. The first-order valence-corrected chi connectivity index (χ1v) is 7.59. The fourth-order valence-corrected chi connectivity index (χ4v) is 3.16. The van der Waals surface area contributed by atoms with Crippen LogP contribution in [0.15, 0.2) is 6.07 Å². The summed E-state index contributed by atoms with van der Waals surface area (Å²) >= 11 is 1.86. The van der Waals surface area contributed by atoms with Gasteiger partial charge in [-0.1, -0.05) is 6.92 Å². The maximum atomic E-state index is 5.76. The molecule has 0 amide bonds. The molecule has 0 aromatic carbocycles. The Morgan fingerprint density at radius 1 is 1.56 bits per heavy atom. The van der Waals surface area contributed by atoms with Gasteiger partial charge in [-0.25, -0.2) is 0 Å². The van der Waals surface area contributed by atoms with Crippen molar-refractivity contribution in [1.82, 2.24) is 5.32 Å². The van der Waals surface area contributed by atoms with Crippen LogP contribution in [-0.4, -0.2) is 25.9 Å². The van der Waals surface area contributed by atoms with Crippen molar-refractivity contribution in [2.75, 3.05) is 19.8 Å². The predicted molar refractivity (Wildman–Crippen MR) is 75.1 cm³/mol. The molecule has 1 aliphatic heterocycles. The topological polar surface area (TPSA) is 30.5 Å². The number of rotatable bonds is 7. The van der Waals surface area contributed by atoms with Crippen molar-refractivity contribution in [3.8, 4) is 0 Å². The van der Waals surface area contributed by atoms with Crippen molar-refractivity contribution >= 4 is 11.3 Å². The third-order valence-corrected chi connectivity index (χ3v) is 4.30. The summed E-state index contributed by atoms with van der Waals surface area (Å²) < 4.78 is 11.3. The molecule has 1 aromatic rings. The average Bonchev–Trinajstić information content (AvgIpc) is 2.98. The lowest BCUT2D eigenvalue weighted by Gasteiger charge is -2.09. The highest BCUT2D eigenvalue weighted by Gasteiger charge is 2.15. The lowest BCUT2D eigenvalue weighted by molar-refractivity contribution is 0.0105. The van der Waals surface area contributed by atoms with Gasteiger partial charge < -0.3 is 14.8 Å². The minimum Gasteiger partial charge on any atom is -0.376 e. The lowest BCUT2D eigenvalue weighted by Crippen LogP contribution is -2.13. The van der Waals surface area contributed by atoms with E-state index >= 15 is 0 Å². The van der Waals surface area contributed by atoms with Crippen LogP contribution in [0.1, 0.15) is 35.1 Å². The maximum Gasteiger partial charge on any atom is 0.0809 e. The number of hydrogen-bond donors (Lipinski definition) is 1. The summed E-state index contributed by atoms with van der Waals surface area (Å²) in [4.78, 5) is 2.76. The van der Waals surface area contributed by atoms with Gasteiger partial charge >= 0.3 is 0 Å². The highest BCUT2D eigenvalue weighted by molar-refractivity contribution is 7.12. The molecule has 2 rings (SSSR count). The molecule has 0 radical (unpaired) electrons. The molecule has 0 aliphatic carbocycles. The molecule has 1 N–H and O–H groups in total. The van der Waals surface area contributed by atoms with Gasteiger partial charge in [-0.15, -0.1) is 11.3 Å². The molecular formula is C14H23NO2S. The number of ether oxygens (including phenoxy) is 2. The van der Waals surface area contributed by atoms with Crippen molar-refractivity contribution < 1.29 is 9.47 Å². The summed E-state index contributed by atoms with van der Waals surface area (Å²) in [7, 11) is 0. The highest BCUT2D eigenvalue weighted by atomic mass is 32.1. The fraction of sp³-hybridized carbons (Fsp3) is 0.714. The van der Waals surface area contributed by atoms with Crippen LogP contribution < -0.4 is 5.32 Å². The van der Waals surface area contributed by atoms with Gasteiger partial charge in [0.2, 0.25) is 0 Å². The van der Waals surface area contributed by atoms with E-state index in [2.05, 4.69) is 25.2 Å². The molecule has 1 fully saturated rings. The van der Waals surface area contributed by atoms with E-state index in [0.717, 1.165) is 32.7 Å². The van der Waals surface area contributed by atoms with E-state index in [9.17, 15) is 0 Å². The van der Waals surface area contributed by atoms with Gasteiger partial charge in [0.05, 0.1) is 19.3 Å². The predicted octanol–water partition coefficient (Wildman–Crippen LogP) is 2.86. The van der Waals surface area contributed by atoms with Crippen LogP contribution in [0.25, 0.3) is 0 Å². The van der Waals surface area contributed by atoms with Crippen molar-refractivity contribution in [3.63, 3.8) is 0 Å². The zero-order chi connectivity index (χ0) is 12.8. The summed E-state index contributed by atoms with van der Waals surface area (Å²) in [6.45, 7) is 8.64. The van der Waals surface area contributed by atoms with E-state index < -0.39 is 0 Å². The second-order valence-electron chi connectivity index (χ2n) is 4.72. The normalized spacial score (nSPS) is 19.6. The monoisotopic (exact) mass is 269 g/mol. The Labute approximate surface area is 113 Å². The van der Waals surface area contributed by atoms with Crippen molar-refractivity contribution in [2.45, 2.75) is 45.9 Å². The van der Waals surface area contributed by atoms with Gasteiger partial charge in [-0.05, 0) is 37.9 Å². The largest absolute Gasteiger partial charge is 0.376 e. The van der Waals surface area contributed by atoms with E-state index in [1.54, 1.807) is 0 Å². The minimum absolute atomic E-state index is 0.324. The summed E-state index contributed by atoms with van der Waals surface area (Å²) in [6, 6.07) is 2.26. The summed E-state index contributed by atoms with van der Waals surface area (Å²) in [6.07, 6.45) is 2.65. The number of aryl methyl sites for hydroxylation is 1. The van der Waals surface area contributed by atoms with Crippen LogP contribution in [0.3, 0.4) is 0 Å². The summed E-state index contributed by atoms with van der Waals surface area (Å²) in [5.41, 5.74) is 1.32. The molecule has 0 bridgehead atoms. The summed E-state index contributed by atoms with van der Waals surface area (Å²) in [5, 5.41) is 3.36. The molecule has 0 saturated carbocycles. The fourth-order valence-electron chi connectivity index (χ4n) is 2.14. The molecule has 18 heavy (non-hydrogen) atoms. The number of thiophene rings is 1. The maximum absolute atomic E-state index is 5.76. The van der Waals surface area contributed by atoms with Crippen LogP contribution in [-0.2, 0) is 22.6 Å². The third kappa shape index (κ3) is 4.05. The van der Waals surface area contributed by atoms with Crippen molar-refractivity contribution in [2.24, 2.45) is 0 Å². The van der Waals surface area contributed by atoms with Gasteiger partial charge in [0.25, 0.3) is 0 Å². The Morgan fingerprint density at radius 2 is 2.44 bits per heavy atom. The van der Waals surface area contributed by atoms with Crippen LogP contribution in [0, 0.1) is 6.92 Å². The molecule has 1 unspecified atom stereocenters. The highest BCUT2D eigenvalue weighted by Crippen LogP contribution is 2.22. The Bertz CT molecular complexity index is 359. The zero-order valence-corrected chi connectivity index (χ0v) is 12.1. The molecule has 102 valence electrons. The minimum atomic E-state index is 0.324. The third-order valence-electron chi connectivity index (χ3n) is 3.21. The Balaban J connectivity index is 1.75. The van der Waals surface area contributed by atoms with Crippen molar-refractivity contribution in [1.29, 1.82) is 0 Å². The van der Waals surface area contributed by atoms with Gasteiger partial charge in [-0.2, -0.15) is 0 Å². The molecule has 3 nitrogen and oxygen atoms in total. The Hall–Kier alpha value is -0.420. The van der Waals surface area contributed by atoms with Crippen LogP contribution in [0.2, 0.25) is 0 Å². The van der Waals surface area contributed by atoms with Crippen LogP contribution in [0.4, 0.5) is 0 Å². The first kappa shape index (κ1) is 14.0. The zero-order valence-electron chi connectivity index (χ0n) is 11.3. The van der Waals surface area contributed by atoms with Crippen LogP contribution in [0.5, 0.6) is 0 Å². The molecule has 1 saturated heterocycles. The van der Waals surface area contributed by atoms with Gasteiger partial charge in [0.15, 0.2) is 0 Å². The number of nitrogens with one attached hydrogen (secondary N) is 1. The standard InChI is InChI=1S/C14H23NO2S/c1-3-15-8-14-7-12(11(2)18-14)9-16-10-13-5-4-6-17-13/h7,13,15H,3-6,8-10H2,1-2H3. The first-order valence-electron chi connectivity index (χ1n) is 6.78. The molecule has 4 heteroatoms. The molecule has 1 aromatic heterocycles.